The first kappa shape index (κ1) is 13.8. The normalized spacial score (nSPS) is 11.3. The van der Waals surface area contributed by atoms with E-state index < -0.39 is 10.0 Å². The Labute approximate surface area is 117 Å². The minimum atomic E-state index is -3.62. The van der Waals surface area contributed by atoms with Crippen LogP contribution in [0.25, 0.3) is 0 Å². The molecule has 4 nitrogen and oxygen atoms in total. The van der Waals surface area contributed by atoms with Crippen LogP contribution in [0.1, 0.15) is 11.4 Å². The van der Waals surface area contributed by atoms with Gasteiger partial charge in [-0.2, -0.15) is 8.42 Å². The first-order valence-electron chi connectivity index (χ1n) is 5.67. The smallest absolute Gasteiger partial charge is 0.197 e. The summed E-state index contributed by atoms with van der Waals surface area (Å²) in [5, 5.41) is 0.499. The van der Waals surface area contributed by atoms with Gasteiger partial charge in [-0.1, -0.05) is 21.1 Å². The number of sulfonamides is 1. The molecule has 2 rings (SSSR count). The van der Waals surface area contributed by atoms with Gasteiger partial charge in [0.1, 0.15) is 0 Å². The number of nitrogens with zero attached hydrogens (tertiary/aromatic N) is 1. The highest BCUT2D eigenvalue weighted by Gasteiger charge is 2.21. The second-order valence-corrected chi connectivity index (χ2v) is 6.29. The Kier molecular flexibility index (Phi) is 3.78. The molecule has 0 spiro atoms. The molecular weight excluding hydrogens is 284 g/mol. The van der Waals surface area contributed by atoms with Crippen LogP contribution in [0.5, 0.6) is 0 Å². The predicted octanol–water partition coefficient (Wildman–Crippen LogP) is 2.18. The topological polar surface area (TPSA) is 50.1 Å². The van der Waals surface area contributed by atoms with E-state index >= 15 is 0 Å². The number of hydrogen-bond acceptors (Lipinski definition) is 2. The average molecular weight is 298 g/mol. The molecule has 0 saturated carbocycles. The van der Waals surface area contributed by atoms with Gasteiger partial charge in [-0.3, -0.25) is 0 Å². The number of halogens is 1. The Bertz CT molecular complexity index is 677. The summed E-state index contributed by atoms with van der Waals surface area (Å²) >= 11 is 5.75. The highest BCUT2D eigenvalue weighted by atomic mass is 35.5. The summed E-state index contributed by atoms with van der Waals surface area (Å²) in [6.07, 6.45) is 0. The van der Waals surface area contributed by atoms with Crippen LogP contribution in [-0.2, 0) is 10.0 Å². The Balaban J connectivity index is 2.39. The van der Waals surface area contributed by atoms with Crippen molar-refractivity contribution in [2.75, 3.05) is 4.83 Å². The van der Waals surface area contributed by atoms with Gasteiger partial charge in [0.25, 0.3) is 0 Å². The van der Waals surface area contributed by atoms with Crippen molar-refractivity contribution >= 4 is 21.6 Å². The third-order valence-corrected chi connectivity index (χ3v) is 4.28. The molecule has 19 heavy (non-hydrogen) atoms. The molecule has 0 radical (unpaired) electrons. The molecule has 0 atom stereocenters. The maximum absolute atomic E-state index is 12.2. The van der Waals surface area contributed by atoms with E-state index in [0.29, 0.717) is 5.02 Å². The first-order chi connectivity index (χ1) is 8.90. The maximum Gasteiger partial charge on any atom is 0.306 e. The van der Waals surface area contributed by atoms with Gasteiger partial charge in [0.05, 0.1) is 4.90 Å². The molecule has 1 aromatic heterocycles. The standard InChI is InChI=1S/C13H14ClN2O2S/c1-10-4-3-5-11(2)16(10)15-19(17,18)13-8-6-12(14)7-9-13/h3-9,15H,1-2H3/q+1. The summed E-state index contributed by atoms with van der Waals surface area (Å²) in [6, 6.07) is 11.6. The molecule has 1 heterocycles. The van der Waals surface area contributed by atoms with E-state index in [1.54, 1.807) is 12.1 Å². The van der Waals surface area contributed by atoms with Gasteiger partial charge in [-0.15, -0.1) is 0 Å². The van der Waals surface area contributed by atoms with Crippen molar-refractivity contribution in [2.24, 2.45) is 0 Å². The van der Waals surface area contributed by atoms with E-state index in [1.807, 2.05) is 32.0 Å². The lowest BCUT2D eigenvalue weighted by Crippen LogP contribution is -2.52. The van der Waals surface area contributed by atoms with Gasteiger partial charge >= 0.3 is 10.0 Å². The number of pyridine rings is 1. The van der Waals surface area contributed by atoms with E-state index in [9.17, 15) is 8.42 Å². The van der Waals surface area contributed by atoms with Crippen molar-refractivity contribution in [2.45, 2.75) is 18.7 Å². The molecule has 0 aliphatic rings. The molecule has 1 N–H and O–H groups in total. The van der Waals surface area contributed by atoms with Crippen molar-refractivity contribution in [1.29, 1.82) is 0 Å². The van der Waals surface area contributed by atoms with Crippen LogP contribution in [-0.4, -0.2) is 8.42 Å². The molecule has 0 bridgehead atoms. The van der Waals surface area contributed by atoms with Crippen molar-refractivity contribution in [3.63, 3.8) is 0 Å². The second kappa shape index (κ2) is 5.19. The largest absolute Gasteiger partial charge is 0.306 e. The fourth-order valence-electron chi connectivity index (χ4n) is 1.68. The minimum absolute atomic E-state index is 0.173. The zero-order chi connectivity index (χ0) is 14.0. The molecule has 0 saturated heterocycles. The lowest BCUT2D eigenvalue weighted by atomic mass is 10.3. The van der Waals surface area contributed by atoms with Crippen LogP contribution < -0.4 is 9.51 Å². The molecule has 0 fully saturated rings. The third-order valence-electron chi connectivity index (χ3n) is 2.72. The highest BCUT2D eigenvalue weighted by Crippen LogP contribution is 2.13. The zero-order valence-electron chi connectivity index (χ0n) is 10.6. The first-order valence-corrected chi connectivity index (χ1v) is 7.53. The Morgan fingerprint density at radius 3 is 2.05 bits per heavy atom. The van der Waals surface area contributed by atoms with Crippen LogP contribution in [0.2, 0.25) is 5.02 Å². The molecule has 1 aromatic carbocycles. The minimum Gasteiger partial charge on any atom is -0.197 e. The van der Waals surface area contributed by atoms with Gasteiger partial charge in [0, 0.05) is 31.0 Å². The lowest BCUT2D eigenvalue weighted by Gasteiger charge is -2.06. The van der Waals surface area contributed by atoms with Crippen LogP contribution in [0.3, 0.4) is 0 Å². The highest BCUT2D eigenvalue weighted by molar-refractivity contribution is 7.92. The number of hydrogen-bond donors (Lipinski definition) is 1. The fraction of sp³-hybridized carbons (Fsp3) is 0.154. The summed E-state index contributed by atoms with van der Waals surface area (Å²) in [4.78, 5) is 2.71. The van der Waals surface area contributed by atoms with Crippen molar-refractivity contribution in [3.05, 3.63) is 58.9 Å². The maximum atomic E-state index is 12.2. The molecule has 0 unspecified atom stereocenters. The number of aromatic nitrogens is 1. The molecule has 0 aliphatic heterocycles. The van der Waals surface area contributed by atoms with Crippen LogP contribution >= 0.6 is 11.6 Å². The fourth-order valence-corrected chi connectivity index (χ4v) is 2.94. The van der Waals surface area contributed by atoms with E-state index in [1.165, 1.54) is 16.8 Å². The third kappa shape index (κ3) is 3.05. The van der Waals surface area contributed by atoms with Crippen LogP contribution in [0, 0.1) is 13.8 Å². The molecule has 100 valence electrons. The Morgan fingerprint density at radius 2 is 1.53 bits per heavy atom. The van der Waals surface area contributed by atoms with Gasteiger partial charge in [0.15, 0.2) is 0 Å². The summed E-state index contributed by atoms with van der Waals surface area (Å²) in [5.74, 6) is 0. The number of aryl methyl sites for hydroxylation is 2. The predicted molar refractivity (Wildman–Crippen MR) is 74.1 cm³/mol. The van der Waals surface area contributed by atoms with Crippen molar-refractivity contribution in [1.82, 2.24) is 0 Å². The average Bonchev–Trinajstić information content (AvgIpc) is 2.35. The number of rotatable bonds is 3. The second-order valence-electron chi connectivity index (χ2n) is 4.19. The number of nitrogens with one attached hydrogen (secondary N) is 1. The summed E-state index contributed by atoms with van der Waals surface area (Å²) < 4.78 is 26.0. The van der Waals surface area contributed by atoms with Crippen molar-refractivity contribution in [3.8, 4) is 0 Å². The van der Waals surface area contributed by atoms with E-state index in [2.05, 4.69) is 4.83 Å². The van der Waals surface area contributed by atoms with Gasteiger partial charge < -0.3 is 0 Å². The summed E-state index contributed by atoms with van der Waals surface area (Å²) in [7, 11) is -3.62. The van der Waals surface area contributed by atoms with E-state index in [4.69, 9.17) is 11.6 Å². The Morgan fingerprint density at radius 1 is 1.00 bits per heavy atom. The van der Waals surface area contributed by atoms with Crippen LogP contribution in [0.15, 0.2) is 47.4 Å². The Hall–Kier alpha value is -1.59. The molecular formula is C13H14ClN2O2S+. The molecule has 0 aliphatic carbocycles. The summed E-state index contributed by atoms with van der Waals surface area (Å²) in [5.41, 5.74) is 1.61. The summed E-state index contributed by atoms with van der Waals surface area (Å²) in [6.45, 7) is 3.66. The van der Waals surface area contributed by atoms with Gasteiger partial charge in [0.2, 0.25) is 11.4 Å². The monoisotopic (exact) mass is 297 g/mol. The zero-order valence-corrected chi connectivity index (χ0v) is 12.2. The van der Waals surface area contributed by atoms with Crippen molar-refractivity contribution < 1.29 is 13.1 Å². The quantitative estimate of drug-likeness (QED) is 0.883. The lowest BCUT2D eigenvalue weighted by molar-refractivity contribution is -0.649. The molecule has 2 aromatic rings. The van der Waals surface area contributed by atoms with Gasteiger partial charge in [-0.25, -0.2) is 0 Å². The molecule has 6 heteroatoms. The molecule has 0 amide bonds. The number of benzene rings is 1. The van der Waals surface area contributed by atoms with E-state index in [-0.39, 0.29) is 4.90 Å². The van der Waals surface area contributed by atoms with E-state index in [0.717, 1.165) is 11.4 Å². The van der Waals surface area contributed by atoms with Gasteiger partial charge in [-0.05, 0) is 30.3 Å². The van der Waals surface area contributed by atoms with Crippen LogP contribution in [0.4, 0.5) is 0 Å². The SMILES string of the molecule is Cc1cccc(C)[n+]1NS(=O)(=O)c1ccc(Cl)cc1.